The summed E-state index contributed by atoms with van der Waals surface area (Å²) in [6.45, 7) is 6.23. The number of piperazine rings is 1. The van der Waals surface area contributed by atoms with Crippen LogP contribution in [-0.2, 0) is 21.8 Å². The van der Waals surface area contributed by atoms with Crippen molar-refractivity contribution in [3.8, 4) is 11.4 Å². The normalized spacial score (nSPS) is 19.9. The Balaban J connectivity index is 0.937. The van der Waals surface area contributed by atoms with E-state index in [0.717, 1.165) is 49.0 Å². The molecule has 14 heteroatoms. The SMILES string of the molecule is Cc1n[nH]c(=O)n1-c1ccc(N2CCN(c3ccc(OC[C@@H]4CO[C@@](Cn5cncn5)(c5ccc(Cl)cc5Cl)O4)cc3)CC2)cc1. The monoisotopic (exact) mass is 662 g/mol. The Morgan fingerprint density at radius 3 is 2.24 bits per heavy atom. The molecular weight excluding hydrogens is 631 g/mol. The Morgan fingerprint density at radius 2 is 1.63 bits per heavy atom. The summed E-state index contributed by atoms with van der Waals surface area (Å²) >= 11 is 12.7. The molecule has 2 aromatic heterocycles. The Hall–Kier alpha value is -4.36. The molecule has 0 amide bonds. The van der Waals surface area contributed by atoms with Gasteiger partial charge in [-0.05, 0) is 67.6 Å². The Labute approximate surface area is 275 Å². The number of aromatic nitrogens is 6. The van der Waals surface area contributed by atoms with Crippen LogP contribution in [-0.4, -0.2) is 75.0 Å². The van der Waals surface area contributed by atoms with E-state index in [0.29, 0.717) is 34.6 Å². The third-order valence-electron chi connectivity index (χ3n) is 8.27. The topological polar surface area (TPSA) is 116 Å². The number of hydrogen-bond donors (Lipinski definition) is 1. The lowest BCUT2D eigenvalue weighted by molar-refractivity contribution is -0.190. The quantitative estimate of drug-likeness (QED) is 0.245. The molecule has 12 nitrogen and oxygen atoms in total. The highest BCUT2D eigenvalue weighted by Gasteiger charge is 2.45. The zero-order chi connectivity index (χ0) is 31.7. The maximum absolute atomic E-state index is 12.1. The van der Waals surface area contributed by atoms with Gasteiger partial charge in [-0.3, -0.25) is 0 Å². The van der Waals surface area contributed by atoms with Crippen LogP contribution in [0.5, 0.6) is 5.75 Å². The summed E-state index contributed by atoms with van der Waals surface area (Å²) in [5, 5.41) is 11.7. The lowest BCUT2D eigenvalue weighted by Gasteiger charge is -2.37. The molecule has 238 valence electrons. The number of rotatable bonds is 9. The van der Waals surface area contributed by atoms with Gasteiger partial charge in [0.05, 0.1) is 17.3 Å². The fraction of sp³-hybridized carbons (Fsp3) is 0.312. The van der Waals surface area contributed by atoms with Crippen molar-refractivity contribution in [1.29, 1.82) is 0 Å². The minimum absolute atomic E-state index is 0.239. The molecule has 2 saturated heterocycles. The van der Waals surface area contributed by atoms with Crippen LogP contribution >= 0.6 is 23.2 Å². The molecule has 0 saturated carbocycles. The maximum Gasteiger partial charge on any atom is 0.347 e. The van der Waals surface area contributed by atoms with Crippen LogP contribution in [0, 0.1) is 6.92 Å². The first-order chi connectivity index (χ1) is 22.4. The number of nitrogens with one attached hydrogen (secondary N) is 1. The first-order valence-corrected chi connectivity index (χ1v) is 15.7. The predicted octanol–water partition coefficient (Wildman–Crippen LogP) is 4.44. The van der Waals surface area contributed by atoms with E-state index in [4.69, 9.17) is 37.4 Å². The molecule has 2 atom stereocenters. The summed E-state index contributed by atoms with van der Waals surface area (Å²) in [6, 6.07) is 21.4. The third kappa shape index (κ3) is 6.21. The molecule has 0 unspecified atom stereocenters. The number of benzene rings is 3. The highest BCUT2D eigenvalue weighted by atomic mass is 35.5. The highest BCUT2D eigenvalue weighted by molar-refractivity contribution is 6.35. The maximum atomic E-state index is 12.1. The summed E-state index contributed by atoms with van der Waals surface area (Å²) < 4.78 is 22.0. The van der Waals surface area contributed by atoms with Crippen molar-refractivity contribution in [1.82, 2.24) is 29.5 Å². The number of halogens is 2. The summed E-state index contributed by atoms with van der Waals surface area (Å²) in [6.07, 6.45) is 2.74. The second kappa shape index (κ2) is 12.8. The van der Waals surface area contributed by atoms with E-state index in [1.54, 1.807) is 34.6 Å². The van der Waals surface area contributed by atoms with Crippen LogP contribution in [0.15, 0.2) is 84.2 Å². The van der Waals surface area contributed by atoms with Crippen molar-refractivity contribution >= 4 is 34.6 Å². The van der Waals surface area contributed by atoms with Crippen LogP contribution < -0.4 is 20.2 Å². The molecule has 0 bridgehead atoms. The van der Waals surface area contributed by atoms with Gasteiger partial charge in [0.1, 0.15) is 43.5 Å². The summed E-state index contributed by atoms with van der Waals surface area (Å²) in [5.41, 5.74) is 3.49. The molecule has 2 fully saturated rings. The van der Waals surface area contributed by atoms with Crippen molar-refractivity contribution < 1.29 is 14.2 Å². The minimum atomic E-state index is -1.16. The lowest BCUT2D eigenvalue weighted by Crippen LogP contribution is -2.46. The van der Waals surface area contributed by atoms with Crippen LogP contribution in [0.4, 0.5) is 11.4 Å². The molecule has 0 spiro atoms. The van der Waals surface area contributed by atoms with Crippen molar-refractivity contribution in [2.45, 2.75) is 25.4 Å². The van der Waals surface area contributed by atoms with Gasteiger partial charge in [0.15, 0.2) is 0 Å². The lowest BCUT2D eigenvalue weighted by atomic mass is 10.1. The summed E-state index contributed by atoms with van der Waals surface area (Å²) in [7, 11) is 0. The second-order valence-corrected chi connectivity index (χ2v) is 12.1. The van der Waals surface area contributed by atoms with E-state index >= 15 is 0 Å². The van der Waals surface area contributed by atoms with Crippen molar-refractivity contribution in [2.75, 3.05) is 49.2 Å². The molecule has 2 aliphatic heterocycles. The third-order valence-corrected chi connectivity index (χ3v) is 8.82. The van der Waals surface area contributed by atoms with E-state index in [2.05, 4.69) is 54.3 Å². The van der Waals surface area contributed by atoms with Crippen LogP contribution in [0.1, 0.15) is 11.4 Å². The first kappa shape index (κ1) is 30.3. The molecule has 7 rings (SSSR count). The van der Waals surface area contributed by atoms with Gasteiger partial charge in [0, 0.05) is 48.1 Å². The summed E-state index contributed by atoms with van der Waals surface area (Å²) in [4.78, 5) is 20.8. The fourth-order valence-corrected chi connectivity index (χ4v) is 6.49. The number of hydrogen-bond acceptors (Lipinski definition) is 9. The van der Waals surface area contributed by atoms with Gasteiger partial charge in [-0.15, -0.1) is 0 Å². The van der Waals surface area contributed by atoms with Gasteiger partial charge in [-0.1, -0.05) is 29.3 Å². The number of anilines is 2. The fourth-order valence-electron chi connectivity index (χ4n) is 5.94. The van der Waals surface area contributed by atoms with Crippen LogP contribution in [0.3, 0.4) is 0 Å². The number of aromatic amines is 1. The molecule has 0 radical (unpaired) electrons. The smallest absolute Gasteiger partial charge is 0.347 e. The average Bonchev–Trinajstić information content (AvgIpc) is 3.82. The predicted molar refractivity (Wildman–Crippen MR) is 174 cm³/mol. The van der Waals surface area contributed by atoms with Gasteiger partial charge >= 0.3 is 5.69 Å². The molecular formula is C32H32Cl2N8O4. The minimum Gasteiger partial charge on any atom is -0.491 e. The van der Waals surface area contributed by atoms with Crippen LogP contribution in [0.2, 0.25) is 10.0 Å². The molecule has 3 aromatic carbocycles. The van der Waals surface area contributed by atoms with E-state index in [1.165, 1.54) is 6.33 Å². The van der Waals surface area contributed by atoms with Crippen molar-refractivity contribution in [3.05, 3.63) is 111 Å². The van der Waals surface area contributed by atoms with Gasteiger partial charge < -0.3 is 24.0 Å². The van der Waals surface area contributed by atoms with E-state index in [9.17, 15) is 4.79 Å². The number of H-pyrrole nitrogens is 1. The Kier molecular flexibility index (Phi) is 8.43. The largest absolute Gasteiger partial charge is 0.491 e. The Bertz CT molecular complexity index is 1840. The molecule has 2 aliphatic rings. The average molecular weight is 664 g/mol. The highest BCUT2D eigenvalue weighted by Crippen LogP contribution is 2.40. The number of ether oxygens (including phenoxy) is 3. The van der Waals surface area contributed by atoms with Gasteiger partial charge in [-0.25, -0.2) is 24.1 Å². The van der Waals surface area contributed by atoms with Gasteiger partial charge in [0.2, 0.25) is 5.79 Å². The molecule has 5 aromatic rings. The van der Waals surface area contributed by atoms with Crippen molar-refractivity contribution in [2.24, 2.45) is 0 Å². The van der Waals surface area contributed by atoms with Gasteiger partial charge in [0.25, 0.3) is 0 Å². The molecule has 0 aliphatic carbocycles. The summed E-state index contributed by atoms with van der Waals surface area (Å²) in [5.74, 6) is 0.219. The number of nitrogens with zero attached hydrogens (tertiary/aromatic N) is 7. The standard InChI is InChI=1S/C32H32Cl2N8O4/c1-22-37-38-31(43)42(22)26-5-3-24(4-6-26)39-12-14-40(15-13-39)25-7-9-27(10-8-25)44-17-28-18-45-32(46-28,19-41-21-35-20-36-41)29-11-2-23(33)16-30(29)34/h2-11,16,20-21,28H,12-15,17-19H2,1H3,(H,38,43)/t28-,32-/m1/s1. The zero-order valence-corrected chi connectivity index (χ0v) is 26.6. The van der Waals surface area contributed by atoms with Gasteiger partial charge in [-0.2, -0.15) is 10.2 Å². The Morgan fingerprint density at radius 1 is 0.957 bits per heavy atom. The number of aryl methyl sites for hydroxylation is 1. The van der Waals surface area contributed by atoms with Crippen molar-refractivity contribution in [3.63, 3.8) is 0 Å². The zero-order valence-electron chi connectivity index (χ0n) is 25.1. The molecule has 46 heavy (non-hydrogen) atoms. The van der Waals surface area contributed by atoms with Crippen LogP contribution in [0.25, 0.3) is 5.69 Å². The second-order valence-electron chi connectivity index (χ2n) is 11.2. The van der Waals surface area contributed by atoms with E-state index < -0.39 is 5.79 Å². The molecule has 4 heterocycles. The first-order valence-electron chi connectivity index (χ1n) is 14.9. The molecule has 1 N–H and O–H groups in total. The van der Waals surface area contributed by atoms with E-state index in [-0.39, 0.29) is 18.3 Å². The van der Waals surface area contributed by atoms with E-state index in [1.807, 2.05) is 30.3 Å².